The summed E-state index contributed by atoms with van der Waals surface area (Å²) in [6.07, 6.45) is 7.58. The van der Waals surface area contributed by atoms with Gasteiger partial charge in [-0.1, -0.05) is 12.2 Å². The number of ether oxygens (including phenoxy) is 1. The van der Waals surface area contributed by atoms with Gasteiger partial charge in [0.2, 0.25) is 0 Å². The third-order valence-corrected chi connectivity index (χ3v) is 7.18. The zero-order valence-corrected chi connectivity index (χ0v) is 19.1. The van der Waals surface area contributed by atoms with Crippen LogP contribution in [0.3, 0.4) is 0 Å². The fraction of sp³-hybridized carbons (Fsp3) is 0.292. The number of benzene rings is 2. The van der Waals surface area contributed by atoms with Gasteiger partial charge < -0.3 is 4.74 Å². The average Bonchev–Trinajstić information content (AvgIpc) is 3.10. The van der Waals surface area contributed by atoms with Crippen molar-refractivity contribution in [2.45, 2.75) is 19.4 Å². The molecule has 3 aliphatic carbocycles. The number of nitrogens with zero attached hydrogens (tertiary/aromatic N) is 3. The highest BCUT2D eigenvalue weighted by molar-refractivity contribution is 9.10. The Morgan fingerprint density at radius 1 is 1.06 bits per heavy atom. The van der Waals surface area contributed by atoms with E-state index in [-0.39, 0.29) is 47.8 Å². The smallest absolute Gasteiger partial charge is 0.269 e. The monoisotopic (exact) mass is 509 g/mol. The summed E-state index contributed by atoms with van der Waals surface area (Å²) in [7, 11) is 0. The molecule has 168 valence electrons. The lowest BCUT2D eigenvalue weighted by Crippen LogP contribution is -2.38. The Morgan fingerprint density at radius 3 is 2.24 bits per heavy atom. The van der Waals surface area contributed by atoms with E-state index >= 15 is 0 Å². The number of hydrogen-bond acceptors (Lipinski definition) is 6. The maximum atomic E-state index is 12.9. The Bertz CT molecular complexity index is 1160. The number of nitro groups is 1. The highest BCUT2D eigenvalue weighted by atomic mass is 79.9. The molecule has 0 spiro atoms. The Balaban J connectivity index is 1.25. The molecular weight excluding hydrogens is 490 g/mol. The number of hydrogen-bond donors (Lipinski definition) is 0. The van der Waals surface area contributed by atoms with Crippen LogP contribution in [0.5, 0.6) is 5.75 Å². The molecule has 0 radical (unpaired) electrons. The van der Waals surface area contributed by atoms with E-state index < -0.39 is 4.92 Å². The summed E-state index contributed by atoms with van der Waals surface area (Å²) in [5.41, 5.74) is 1.54. The van der Waals surface area contributed by atoms with Crippen LogP contribution >= 0.6 is 15.9 Å². The Morgan fingerprint density at radius 2 is 1.70 bits per heavy atom. The van der Waals surface area contributed by atoms with Crippen LogP contribution in [0.15, 0.2) is 64.2 Å². The third kappa shape index (κ3) is 3.97. The predicted octanol–water partition coefficient (Wildman–Crippen LogP) is 4.47. The molecule has 0 aromatic heterocycles. The van der Waals surface area contributed by atoms with Crippen molar-refractivity contribution in [2.75, 3.05) is 0 Å². The van der Waals surface area contributed by atoms with Crippen LogP contribution in [0.4, 0.5) is 5.69 Å². The number of halogens is 1. The normalized spacial score (nSPS) is 25.7. The van der Waals surface area contributed by atoms with Crippen molar-refractivity contribution < 1.29 is 19.2 Å². The maximum Gasteiger partial charge on any atom is 0.269 e. The van der Waals surface area contributed by atoms with Crippen LogP contribution < -0.4 is 4.74 Å². The lowest BCUT2D eigenvalue weighted by molar-refractivity contribution is -0.384. The van der Waals surface area contributed by atoms with Gasteiger partial charge in [-0.3, -0.25) is 19.7 Å². The van der Waals surface area contributed by atoms with E-state index in [1.807, 2.05) is 0 Å². The van der Waals surface area contributed by atoms with Gasteiger partial charge in [-0.05, 0) is 82.1 Å². The molecule has 2 aromatic rings. The zero-order valence-electron chi connectivity index (χ0n) is 17.5. The topological polar surface area (TPSA) is 102 Å². The molecule has 33 heavy (non-hydrogen) atoms. The van der Waals surface area contributed by atoms with E-state index in [9.17, 15) is 19.7 Å². The number of nitro benzene ring substituents is 1. The second kappa shape index (κ2) is 8.55. The Labute approximate surface area is 198 Å². The van der Waals surface area contributed by atoms with E-state index in [1.165, 1.54) is 18.3 Å². The molecular formula is C24H20BrN3O5. The van der Waals surface area contributed by atoms with E-state index in [4.69, 9.17) is 4.74 Å². The number of rotatable bonds is 6. The summed E-state index contributed by atoms with van der Waals surface area (Å²) in [6, 6.07) is 11.5. The zero-order chi connectivity index (χ0) is 23.1. The highest BCUT2D eigenvalue weighted by Gasteiger charge is 2.56. The van der Waals surface area contributed by atoms with Crippen LogP contribution in [0.25, 0.3) is 0 Å². The SMILES string of the molecule is O=C1[C@@H]2[C@@H](C(=O)N1/N=C\c1ccc(OCc3ccc([N+](=O)[O-])cc3)c(Br)c1)[C@H]1C=C[C@H]2CC1. The molecule has 4 aliphatic rings. The van der Waals surface area contributed by atoms with Gasteiger partial charge in [0.25, 0.3) is 17.5 Å². The summed E-state index contributed by atoms with van der Waals surface area (Å²) in [4.78, 5) is 36.0. The molecule has 2 bridgehead atoms. The maximum absolute atomic E-state index is 12.9. The number of carbonyl (C=O) groups excluding carboxylic acids is 2. The molecule has 2 amide bonds. The largest absolute Gasteiger partial charge is 0.488 e. The molecule has 4 atom stereocenters. The third-order valence-electron chi connectivity index (χ3n) is 6.56. The molecule has 1 aliphatic heterocycles. The first-order chi connectivity index (χ1) is 15.9. The molecule has 6 rings (SSSR count). The summed E-state index contributed by atoms with van der Waals surface area (Å²) in [5, 5.41) is 16.0. The van der Waals surface area contributed by atoms with Gasteiger partial charge in [-0.25, -0.2) is 0 Å². The van der Waals surface area contributed by atoms with Crippen molar-refractivity contribution in [1.82, 2.24) is 5.01 Å². The van der Waals surface area contributed by atoms with Crippen LogP contribution in [-0.2, 0) is 16.2 Å². The van der Waals surface area contributed by atoms with E-state index in [0.29, 0.717) is 15.8 Å². The van der Waals surface area contributed by atoms with Crippen LogP contribution in [0.1, 0.15) is 24.0 Å². The summed E-state index contributed by atoms with van der Waals surface area (Å²) in [5.74, 6) is -0.103. The molecule has 2 fully saturated rings. The number of amides is 2. The molecule has 2 aromatic carbocycles. The fourth-order valence-electron chi connectivity index (χ4n) is 4.89. The molecule has 1 saturated carbocycles. The van der Waals surface area contributed by atoms with Crippen molar-refractivity contribution >= 4 is 39.6 Å². The quantitative estimate of drug-likeness (QED) is 0.188. The highest BCUT2D eigenvalue weighted by Crippen LogP contribution is 2.49. The van der Waals surface area contributed by atoms with Gasteiger partial charge in [0.05, 0.1) is 27.4 Å². The van der Waals surface area contributed by atoms with E-state index in [1.54, 1.807) is 30.3 Å². The molecule has 0 N–H and O–H groups in total. The fourth-order valence-corrected chi connectivity index (χ4v) is 5.40. The van der Waals surface area contributed by atoms with Crippen molar-refractivity contribution in [3.05, 3.63) is 80.3 Å². The first-order valence-electron chi connectivity index (χ1n) is 10.7. The van der Waals surface area contributed by atoms with Gasteiger partial charge in [-0.2, -0.15) is 10.1 Å². The Kier molecular flexibility index (Phi) is 5.57. The molecule has 8 nitrogen and oxygen atoms in total. The molecule has 9 heteroatoms. The van der Waals surface area contributed by atoms with Crippen molar-refractivity contribution in [3.63, 3.8) is 0 Å². The lowest BCUT2D eigenvalue weighted by Gasteiger charge is -2.37. The van der Waals surface area contributed by atoms with Crippen molar-refractivity contribution in [1.29, 1.82) is 0 Å². The number of carbonyl (C=O) groups is 2. The van der Waals surface area contributed by atoms with Crippen molar-refractivity contribution in [2.24, 2.45) is 28.8 Å². The van der Waals surface area contributed by atoms with Crippen LogP contribution in [-0.4, -0.2) is 28.0 Å². The van der Waals surface area contributed by atoms with Crippen molar-refractivity contribution in [3.8, 4) is 5.75 Å². The second-order valence-corrected chi connectivity index (χ2v) is 9.33. The number of fused-ring (bicyclic) bond motifs is 1. The predicted molar refractivity (Wildman–Crippen MR) is 123 cm³/mol. The molecule has 1 heterocycles. The minimum atomic E-state index is -0.445. The van der Waals surface area contributed by atoms with Gasteiger partial charge in [0.1, 0.15) is 12.4 Å². The van der Waals surface area contributed by atoms with Crippen LogP contribution in [0, 0.1) is 33.8 Å². The number of non-ortho nitro benzene ring substituents is 1. The minimum Gasteiger partial charge on any atom is -0.488 e. The van der Waals surface area contributed by atoms with Gasteiger partial charge in [0, 0.05) is 12.1 Å². The molecule has 1 saturated heterocycles. The van der Waals surface area contributed by atoms with Gasteiger partial charge >= 0.3 is 0 Å². The first-order valence-corrected chi connectivity index (χ1v) is 11.5. The molecule has 0 unspecified atom stereocenters. The number of allylic oxidation sites excluding steroid dienone is 2. The summed E-state index contributed by atoms with van der Waals surface area (Å²) in [6.45, 7) is 0.250. The standard InChI is InChI=1S/C24H20BrN3O5/c25-19-11-15(3-10-20(19)33-13-14-1-8-18(9-2-14)28(31)32)12-26-27-23(29)21-16-4-5-17(7-6-16)22(21)24(27)30/h1-5,8-12,16-17,21-22H,6-7,13H2/b26-12-/t16-,17-,21-,22-/m0/s1. The number of imide groups is 1. The second-order valence-electron chi connectivity index (χ2n) is 8.48. The average molecular weight is 510 g/mol. The lowest BCUT2D eigenvalue weighted by atomic mass is 9.63. The van der Waals surface area contributed by atoms with E-state index in [0.717, 1.165) is 23.4 Å². The Hall–Kier alpha value is -3.33. The summed E-state index contributed by atoms with van der Waals surface area (Å²) < 4.78 is 6.48. The van der Waals surface area contributed by atoms with Crippen LogP contribution in [0.2, 0.25) is 0 Å². The van der Waals surface area contributed by atoms with E-state index in [2.05, 4.69) is 33.2 Å². The van der Waals surface area contributed by atoms with Gasteiger partial charge in [-0.15, -0.1) is 0 Å². The minimum absolute atomic E-state index is 0.0294. The first kappa shape index (κ1) is 21.5. The van der Waals surface area contributed by atoms with Gasteiger partial charge in [0.15, 0.2) is 0 Å². The number of hydrazone groups is 1. The summed E-state index contributed by atoms with van der Waals surface area (Å²) >= 11 is 3.47.